The molecule has 0 aliphatic carbocycles. The van der Waals surface area contributed by atoms with Crippen LogP contribution in [0.5, 0.6) is 0 Å². The van der Waals surface area contributed by atoms with Gasteiger partial charge in [0.05, 0.1) is 0 Å². The Morgan fingerprint density at radius 3 is 2.20 bits per heavy atom. The first kappa shape index (κ1) is 14.9. The van der Waals surface area contributed by atoms with E-state index in [-0.39, 0.29) is 0 Å². The smallest absolute Gasteiger partial charge is 0.147 e. The molecular weight excluding hydrogens is 210 g/mol. The molecule has 1 atom stereocenters. The van der Waals surface area contributed by atoms with Crippen molar-refractivity contribution in [1.29, 1.82) is 0 Å². The Labute approximate surface area is 94.6 Å². The molecule has 1 N–H and O–H groups in total. The van der Waals surface area contributed by atoms with Gasteiger partial charge in [-0.15, -0.1) is 0 Å². The van der Waals surface area contributed by atoms with Crippen LogP contribution in [0, 0.1) is 5.92 Å². The number of sulfone groups is 1. The average molecular weight is 235 g/mol. The summed E-state index contributed by atoms with van der Waals surface area (Å²) in [4.78, 5) is 0. The third-order valence-corrected chi connectivity index (χ3v) is 3.58. The molecule has 0 saturated carbocycles. The number of hydrogen-bond acceptors (Lipinski definition) is 3. The minimum absolute atomic E-state index is 0.323. The monoisotopic (exact) mass is 235 g/mol. The second-order valence-corrected chi connectivity index (χ2v) is 6.79. The van der Waals surface area contributed by atoms with Crippen molar-refractivity contribution in [2.45, 2.75) is 46.1 Å². The molecule has 0 aromatic carbocycles. The lowest BCUT2D eigenvalue weighted by atomic mass is 9.98. The van der Waals surface area contributed by atoms with Gasteiger partial charge in [0, 0.05) is 18.1 Å². The standard InChI is InChI=1S/C11H25NO2S/c1-5-12-11(10(2)3)8-6-7-9-15(4,13)14/h10-12H,5-9H2,1-4H3. The van der Waals surface area contributed by atoms with Crippen LogP contribution in [-0.2, 0) is 9.84 Å². The van der Waals surface area contributed by atoms with E-state index in [2.05, 4.69) is 26.1 Å². The molecule has 0 aliphatic rings. The van der Waals surface area contributed by atoms with E-state index >= 15 is 0 Å². The summed E-state index contributed by atoms with van der Waals surface area (Å²) in [5.74, 6) is 0.937. The SMILES string of the molecule is CCNC(CCCCS(C)(=O)=O)C(C)C. The van der Waals surface area contributed by atoms with Crippen molar-refractivity contribution >= 4 is 9.84 Å². The molecule has 0 amide bonds. The zero-order valence-electron chi connectivity index (χ0n) is 10.4. The van der Waals surface area contributed by atoms with E-state index in [0.29, 0.717) is 17.7 Å². The summed E-state index contributed by atoms with van der Waals surface area (Å²) in [6, 6.07) is 0.523. The van der Waals surface area contributed by atoms with Crippen LogP contribution in [0.15, 0.2) is 0 Å². The van der Waals surface area contributed by atoms with E-state index < -0.39 is 9.84 Å². The van der Waals surface area contributed by atoms with Crippen molar-refractivity contribution < 1.29 is 8.42 Å². The van der Waals surface area contributed by atoms with Gasteiger partial charge in [0.1, 0.15) is 9.84 Å². The molecule has 1 unspecified atom stereocenters. The van der Waals surface area contributed by atoms with Crippen molar-refractivity contribution in [2.75, 3.05) is 18.6 Å². The molecule has 0 fully saturated rings. The Hall–Kier alpha value is -0.0900. The maximum atomic E-state index is 10.9. The van der Waals surface area contributed by atoms with E-state index in [0.717, 1.165) is 25.8 Å². The third kappa shape index (κ3) is 8.88. The van der Waals surface area contributed by atoms with Gasteiger partial charge in [0.2, 0.25) is 0 Å². The normalized spacial score (nSPS) is 14.5. The quantitative estimate of drug-likeness (QED) is 0.653. The topological polar surface area (TPSA) is 46.2 Å². The number of rotatable bonds is 8. The summed E-state index contributed by atoms with van der Waals surface area (Å²) in [5, 5.41) is 3.43. The van der Waals surface area contributed by atoms with Crippen LogP contribution >= 0.6 is 0 Å². The molecule has 0 rings (SSSR count). The Morgan fingerprint density at radius 2 is 1.80 bits per heavy atom. The predicted molar refractivity (Wildman–Crippen MR) is 65.9 cm³/mol. The van der Waals surface area contributed by atoms with Crippen LogP contribution in [0.25, 0.3) is 0 Å². The number of nitrogens with one attached hydrogen (secondary N) is 1. The van der Waals surface area contributed by atoms with Crippen LogP contribution < -0.4 is 5.32 Å². The molecule has 0 bridgehead atoms. The van der Waals surface area contributed by atoms with Gasteiger partial charge in [-0.1, -0.05) is 27.2 Å². The van der Waals surface area contributed by atoms with Crippen LogP contribution in [0.3, 0.4) is 0 Å². The average Bonchev–Trinajstić information content (AvgIpc) is 2.08. The van der Waals surface area contributed by atoms with Gasteiger partial charge >= 0.3 is 0 Å². The van der Waals surface area contributed by atoms with E-state index in [1.807, 2.05) is 0 Å². The molecule has 0 spiro atoms. The highest BCUT2D eigenvalue weighted by molar-refractivity contribution is 7.90. The second-order valence-electron chi connectivity index (χ2n) is 4.53. The molecule has 0 aromatic heterocycles. The molecule has 0 heterocycles. The van der Waals surface area contributed by atoms with Crippen LogP contribution in [0.4, 0.5) is 0 Å². The molecule has 0 aromatic rings. The molecule has 0 radical (unpaired) electrons. The lowest BCUT2D eigenvalue weighted by Gasteiger charge is -2.21. The van der Waals surface area contributed by atoms with Crippen molar-refractivity contribution in [1.82, 2.24) is 5.32 Å². The number of hydrogen-bond donors (Lipinski definition) is 1. The Bertz CT molecular complexity index is 247. The highest BCUT2D eigenvalue weighted by atomic mass is 32.2. The highest BCUT2D eigenvalue weighted by Gasteiger charge is 2.11. The maximum Gasteiger partial charge on any atom is 0.147 e. The van der Waals surface area contributed by atoms with Crippen molar-refractivity contribution in [2.24, 2.45) is 5.92 Å². The zero-order chi connectivity index (χ0) is 11.9. The van der Waals surface area contributed by atoms with Crippen LogP contribution in [-0.4, -0.2) is 33.0 Å². The fraction of sp³-hybridized carbons (Fsp3) is 1.00. The summed E-state index contributed by atoms with van der Waals surface area (Å²) in [5.41, 5.74) is 0. The van der Waals surface area contributed by atoms with Gasteiger partial charge in [0.15, 0.2) is 0 Å². The van der Waals surface area contributed by atoms with E-state index in [1.165, 1.54) is 6.26 Å². The van der Waals surface area contributed by atoms with Crippen molar-refractivity contribution in [3.05, 3.63) is 0 Å². The molecule has 0 saturated heterocycles. The summed E-state index contributed by atoms with van der Waals surface area (Å²) in [7, 11) is -2.78. The van der Waals surface area contributed by atoms with Gasteiger partial charge in [-0.3, -0.25) is 0 Å². The first-order valence-electron chi connectivity index (χ1n) is 5.78. The first-order chi connectivity index (χ1) is 6.87. The van der Waals surface area contributed by atoms with Crippen LogP contribution in [0.1, 0.15) is 40.0 Å². The Balaban J connectivity index is 3.72. The lowest BCUT2D eigenvalue weighted by molar-refractivity contribution is 0.375. The van der Waals surface area contributed by atoms with Gasteiger partial charge in [-0.05, 0) is 25.3 Å². The van der Waals surface area contributed by atoms with E-state index in [9.17, 15) is 8.42 Å². The van der Waals surface area contributed by atoms with E-state index in [1.54, 1.807) is 0 Å². The molecule has 15 heavy (non-hydrogen) atoms. The molecule has 4 heteroatoms. The fourth-order valence-corrected chi connectivity index (χ4v) is 2.39. The third-order valence-electron chi connectivity index (χ3n) is 2.55. The highest BCUT2D eigenvalue weighted by Crippen LogP contribution is 2.10. The predicted octanol–water partition coefficient (Wildman–Crippen LogP) is 1.84. The number of unbranched alkanes of at least 4 members (excludes halogenated alkanes) is 1. The molecular formula is C11H25NO2S. The largest absolute Gasteiger partial charge is 0.314 e. The minimum Gasteiger partial charge on any atom is -0.314 e. The summed E-state index contributed by atoms with van der Waals surface area (Å²) in [6.07, 6.45) is 4.15. The van der Waals surface area contributed by atoms with Crippen LogP contribution in [0.2, 0.25) is 0 Å². The molecule has 3 nitrogen and oxygen atoms in total. The Kier molecular flexibility index (Phi) is 7.18. The Morgan fingerprint density at radius 1 is 1.20 bits per heavy atom. The van der Waals surface area contributed by atoms with Crippen molar-refractivity contribution in [3.63, 3.8) is 0 Å². The van der Waals surface area contributed by atoms with Crippen molar-refractivity contribution in [3.8, 4) is 0 Å². The van der Waals surface area contributed by atoms with Gasteiger partial charge < -0.3 is 5.32 Å². The zero-order valence-corrected chi connectivity index (χ0v) is 11.2. The fourth-order valence-electron chi connectivity index (χ4n) is 1.66. The summed E-state index contributed by atoms with van der Waals surface area (Å²) in [6.45, 7) is 7.48. The summed E-state index contributed by atoms with van der Waals surface area (Å²) >= 11 is 0. The van der Waals surface area contributed by atoms with Gasteiger partial charge in [0.25, 0.3) is 0 Å². The minimum atomic E-state index is -2.78. The maximum absolute atomic E-state index is 10.9. The first-order valence-corrected chi connectivity index (χ1v) is 7.84. The summed E-state index contributed by atoms with van der Waals surface area (Å²) < 4.78 is 21.8. The molecule has 92 valence electrons. The second kappa shape index (κ2) is 7.23. The van der Waals surface area contributed by atoms with Gasteiger partial charge in [-0.2, -0.15) is 0 Å². The lowest BCUT2D eigenvalue weighted by Crippen LogP contribution is -2.33. The molecule has 0 aliphatic heterocycles. The van der Waals surface area contributed by atoms with Gasteiger partial charge in [-0.25, -0.2) is 8.42 Å². The van der Waals surface area contributed by atoms with E-state index in [4.69, 9.17) is 0 Å².